The summed E-state index contributed by atoms with van der Waals surface area (Å²) >= 11 is 0. The maximum atomic E-state index is 12.8. The van der Waals surface area contributed by atoms with Crippen molar-refractivity contribution in [3.8, 4) is 5.75 Å². The SMILES string of the molecule is COc1ccccc1N1CCN(C2CCCN(C(=O)CCC(=O)c3ccccc3)C2)CC1. The Labute approximate surface area is 190 Å². The minimum Gasteiger partial charge on any atom is -0.495 e. The van der Waals surface area contributed by atoms with Gasteiger partial charge in [-0.3, -0.25) is 14.5 Å². The summed E-state index contributed by atoms with van der Waals surface area (Å²) < 4.78 is 5.53. The van der Waals surface area contributed by atoms with E-state index in [4.69, 9.17) is 4.74 Å². The van der Waals surface area contributed by atoms with Crippen LogP contribution in [0, 0.1) is 0 Å². The third kappa shape index (κ3) is 5.30. The highest BCUT2D eigenvalue weighted by atomic mass is 16.5. The highest BCUT2D eigenvalue weighted by molar-refractivity contribution is 5.97. The van der Waals surface area contributed by atoms with Gasteiger partial charge in [-0.15, -0.1) is 0 Å². The van der Waals surface area contributed by atoms with E-state index in [2.05, 4.69) is 21.9 Å². The molecule has 2 aromatic rings. The zero-order chi connectivity index (χ0) is 22.3. The molecule has 1 unspecified atom stereocenters. The Morgan fingerprint density at radius 1 is 0.906 bits per heavy atom. The summed E-state index contributed by atoms with van der Waals surface area (Å²) in [5, 5.41) is 0. The van der Waals surface area contributed by atoms with Gasteiger partial charge in [-0.25, -0.2) is 0 Å². The van der Waals surface area contributed by atoms with Gasteiger partial charge in [0.15, 0.2) is 5.78 Å². The van der Waals surface area contributed by atoms with Gasteiger partial charge in [-0.05, 0) is 25.0 Å². The number of piperazine rings is 1. The molecule has 0 saturated carbocycles. The predicted octanol–water partition coefficient (Wildman–Crippen LogP) is 3.47. The van der Waals surface area contributed by atoms with Crippen LogP contribution in [-0.4, -0.2) is 73.9 Å². The number of carbonyl (C=O) groups excluding carboxylic acids is 2. The molecule has 32 heavy (non-hydrogen) atoms. The molecule has 170 valence electrons. The van der Waals surface area contributed by atoms with Crippen LogP contribution in [0.25, 0.3) is 0 Å². The smallest absolute Gasteiger partial charge is 0.223 e. The minimum absolute atomic E-state index is 0.0416. The van der Waals surface area contributed by atoms with Gasteiger partial charge in [0.2, 0.25) is 5.91 Å². The fourth-order valence-electron chi connectivity index (χ4n) is 4.85. The average Bonchev–Trinajstić information content (AvgIpc) is 2.87. The number of benzene rings is 2. The Balaban J connectivity index is 1.27. The number of likely N-dealkylation sites (tertiary alicyclic amines) is 1. The monoisotopic (exact) mass is 435 g/mol. The van der Waals surface area contributed by atoms with Crippen molar-refractivity contribution < 1.29 is 14.3 Å². The van der Waals surface area contributed by atoms with E-state index in [9.17, 15) is 9.59 Å². The van der Waals surface area contributed by atoms with E-state index in [0.29, 0.717) is 18.0 Å². The molecule has 6 nitrogen and oxygen atoms in total. The summed E-state index contributed by atoms with van der Waals surface area (Å²) in [5.41, 5.74) is 1.84. The molecule has 1 amide bonds. The van der Waals surface area contributed by atoms with E-state index in [0.717, 1.165) is 63.5 Å². The molecule has 0 aromatic heterocycles. The first-order chi connectivity index (χ1) is 15.7. The number of hydrogen-bond donors (Lipinski definition) is 0. The third-order valence-corrected chi connectivity index (χ3v) is 6.67. The second kappa shape index (κ2) is 10.6. The van der Waals surface area contributed by atoms with Crippen molar-refractivity contribution in [3.05, 3.63) is 60.2 Å². The van der Waals surface area contributed by atoms with Crippen LogP contribution in [0.4, 0.5) is 5.69 Å². The number of piperidine rings is 1. The van der Waals surface area contributed by atoms with Gasteiger partial charge in [0.1, 0.15) is 5.75 Å². The van der Waals surface area contributed by atoms with Crippen LogP contribution in [0.2, 0.25) is 0 Å². The molecule has 0 radical (unpaired) electrons. The zero-order valence-electron chi connectivity index (χ0n) is 18.9. The molecule has 2 aliphatic rings. The topological polar surface area (TPSA) is 53.1 Å². The van der Waals surface area contributed by atoms with Crippen LogP contribution in [-0.2, 0) is 4.79 Å². The van der Waals surface area contributed by atoms with Gasteiger partial charge in [0, 0.05) is 63.7 Å². The highest BCUT2D eigenvalue weighted by Gasteiger charge is 2.30. The van der Waals surface area contributed by atoms with Crippen LogP contribution >= 0.6 is 0 Å². The maximum Gasteiger partial charge on any atom is 0.223 e. The molecule has 0 bridgehead atoms. The number of para-hydroxylation sites is 2. The van der Waals surface area contributed by atoms with Crippen molar-refractivity contribution in [3.63, 3.8) is 0 Å². The van der Waals surface area contributed by atoms with Crippen LogP contribution in [0.15, 0.2) is 54.6 Å². The van der Waals surface area contributed by atoms with Gasteiger partial charge >= 0.3 is 0 Å². The molecule has 2 aliphatic heterocycles. The summed E-state index contributed by atoms with van der Waals surface area (Å²) in [5.74, 6) is 1.06. The van der Waals surface area contributed by atoms with Crippen molar-refractivity contribution in [2.45, 2.75) is 31.7 Å². The van der Waals surface area contributed by atoms with Gasteiger partial charge in [-0.1, -0.05) is 42.5 Å². The second-order valence-electron chi connectivity index (χ2n) is 8.62. The number of nitrogens with zero attached hydrogens (tertiary/aromatic N) is 3. The minimum atomic E-state index is 0.0416. The molecular weight excluding hydrogens is 402 g/mol. The molecule has 0 spiro atoms. The second-order valence-corrected chi connectivity index (χ2v) is 8.62. The zero-order valence-corrected chi connectivity index (χ0v) is 18.9. The van der Waals surface area contributed by atoms with Crippen LogP contribution in [0.5, 0.6) is 5.75 Å². The number of anilines is 1. The molecule has 2 aromatic carbocycles. The first kappa shape index (κ1) is 22.3. The number of amides is 1. The Kier molecular flexibility index (Phi) is 7.43. The molecule has 4 rings (SSSR count). The molecule has 0 N–H and O–H groups in total. The summed E-state index contributed by atoms with van der Waals surface area (Å²) in [6, 6.07) is 17.8. The highest BCUT2D eigenvalue weighted by Crippen LogP contribution is 2.29. The molecule has 1 atom stereocenters. The number of Topliss-reactive ketones (excluding diaryl/α,β-unsaturated/α-hetero) is 1. The average molecular weight is 436 g/mol. The largest absolute Gasteiger partial charge is 0.495 e. The Morgan fingerprint density at radius 3 is 2.38 bits per heavy atom. The van der Waals surface area contributed by atoms with E-state index < -0.39 is 0 Å². The van der Waals surface area contributed by atoms with E-state index in [-0.39, 0.29) is 18.1 Å². The van der Waals surface area contributed by atoms with E-state index in [1.807, 2.05) is 47.4 Å². The number of carbonyl (C=O) groups is 2. The molecule has 0 aliphatic carbocycles. The Hall–Kier alpha value is -2.86. The van der Waals surface area contributed by atoms with E-state index in [1.54, 1.807) is 7.11 Å². The van der Waals surface area contributed by atoms with Gasteiger partial charge in [0.05, 0.1) is 12.8 Å². The molecular formula is C26H33N3O3. The van der Waals surface area contributed by atoms with Crippen molar-refractivity contribution in [1.29, 1.82) is 0 Å². The number of methoxy groups -OCH3 is 1. The standard InChI is InChI=1S/C26H33N3O3/c1-32-25-12-6-5-11-23(25)28-18-16-27(17-19-28)22-10-7-15-29(20-22)26(31)14-13-24(30)21-8-3-2-4-9-21/h2-6,8-9,11-12,22H,7,10,13-20H2,1H3. The summed E-state index contributed by atoms with van der Waals surface area (Å²) in [6.07, 6.45) is 2.72. The fourth-order valence-corrected chi connectivity index (χ4v) is 4.85. The molecule has 2 fully saturated rings. The van der Waals surface area contributed by atoms with Crippen molar-refractivity contribution in [1.82, 2.24) is 9.80 Å². The van der Waals surface area contributed by atoms with Gasteiger partial charge < -0.3 is 14.5 Å². The van der Waals surface area contributed by atoms with Crippen molar-refractivity contribution >= 4 is 17.4 Å². The van der Waals surface area contributed by atoms with Gasteiger partial charge in [0.25, 0.3) is 0 Å². The van der Waals surface area contributed by atoms with E-state index in [1.165, 1.54) is 0 Å². The van der Waals surface area contributed by atoms with Gasteiger partial charge in [-0.2, -0.15) is 0 Å². The lowest BCUT2D eigenvalue weighted by molar-refractivity contribution is -0.133. The Bertz CT molecular complexity index is 910. The van der Waals surface area contributed by atoms with Crippen LogP contribution in [0.1, 0.15) is 36.0 Å². The first-order valence-electron chi connectivity index (χ1n) is 11.6. The Morgan fingerprint density at radius 2 is 1.62 bits per heavy atom. The number of rotatable bonds is 7. The number of hydrogen-bond acceptors (Lipinski definition) is 5. The summed E-state index contributed by atoms with van der Waals surface area (Å²) in [4.78, 5) is 32.0. The molecule has 2 heterocycles. The van der Waals surface area contributed by atoms with Crippen LogP contribution < -0.4 is 9.64 Å². The number of ketones is 1. The lowest BCUT2D eigenvalue weighted by atomic mass is 10.0. The number of ether oxygens (including phenoxy) is 1. The fraction of sp³-hybridized carbons (Fsp3) is 0.462. The van der Waals surface area contributed by atoms with Crippen molar-refractivity contribution in [2.24, 2.45) is 0 Å². The van der Waals surface area contributed by atoms with E-state index >= 15 is 0 Å². The molecule has 6 heteroatoms. The lowest BCUT2D eigenvalue weighted by Crippen LogP contribution is -2.55. The predicted molar refractivity (Wildman–Crippen MR) is 126 cm³/mol. The normalized spacial score (nSPS) is 19.6. The molecule has 2 saturated heterocycles. The summed E-state index contributed by atoms with van der Waals surface area (Å²) in [6.45, 7) is 5.45. The quantitative estimate of drug-likeness (QED) is 0.624. The third-order valence-electron chi connectivity index (χ3n) is 6.67. The van der Waals surface area contributed by atoms with Crippen molar-refractivity contribution in [2.75, 3.05) is 51.3 Å². The summed E-state index contributed by atoms with van der Waals surface area (Å²) in [7, 11) is 1.72. The maximum absolute atomic E-state index is 12.8. The van der Waals surface area contributed by atoms with Crippen LogP contribution in [0.3, 0.4) is 0 Å². The lowest BCUT2D eigenvalue weighted by Gasteiger charge is -2.44. The first-order valence-corrected chi connectivity index (χ1v) is 11.6.